The Morgan fingerprint density at radius 3 is 1.80 bits per heavy atom. The highest BCUT2D eigenvalue weighted by molar-refractivity contribution is 5.90. The van der Waals surface area contributed by atoms with Gasteiger partial charge in [-0.1, -0.05) is 123 Å². The molecule has 0 aromatic heterocycles. The maximum absolute atomic E-state index is 13.7. The lowest BCUT2D eigenvalue weighted by atomic mass is 9.98. The molecule has 0 saturated carbocycles. The summed E-state index contributed by atoms with van der Waals surface area (Å²) in [5.74, 6) is -0.989. The van der Waals surface area contributed by atoms with Crippen LogP contribution in [-0.4, -0.2) is 36.7 Å². The van der Waals surface area contributed by atoms with E-state index in [9.17, 15) is 14.4 Å². The highest BCUT2D eigenvalue weighted by atomic mass is 16.5. The Bertz CT molecular complexity index is 1530. The number of rotatable bonds is 12. The van der Waals surface area contributed by atoms with Crippen LogP contribution in [0.5, 0.6) is 0 Å². The van der Waals surface area contributed by atoms with E-state index in [-0.39, 0.29) is 31.5 Å². The molecule has 0 aliphatic heterocycles. The molecular weight excluding hydrogens is 552 g/mol. The molecule has 0 saturated heterocycles. The monoisotopic (exact) mass is 590 g/mol. The van der Waals surface area contributed by atoms with Crippen LogP contribution < -0.4 is 10.6 Å². The second kappa shape index (κ2) is 14.5. The number of fused-ring (bicyclic) bond motifs is 3. The minimum absolute atomic E-state index is 0.107. The zero-order valence-electron chi connectivity index (χ0n) is 25.1. The number of nitrogens with one attached hydrogen (secondary N) is 2. The fraction of sp³-hybridized carbons (Fsp3) is 0.270. The molecule has 2 N–H and O–H groups in total. The third-order valence-electron chi connectivity index (χ3n) is 7.77. The van der Waals surface area contributed by atoms with Crippen molar-refractivity contribution in [2.45, 2.75) is 51.3 Å². The molecule has 4 aromatic carbocycles. The molecular formula is C37H38N2O5. The molecule has 2 atom stereocenters. The topological polar surface area (TPSA) is 93.7 Å². The highest BCUT2D eigenvalue weighted by Crippen LogP contribution is 2.44. The van der Waals surface area contributed by atoms with Crippen LogP contribution in [0.15, 0.2) is 109 Å². The second-order valence-corrected chi connectivity index (χ2v) is 11.5. The van der Waals surface area contributed by atoms with Crippen molar-refractivity contribution < 1.29 is 23.9 Å². The van der Waals surface area contributed by atoms with Gasteiger partial charge in [0.1, 0.15) is 25.3 Å². The Kier molecular flexibility index (Phi) is 10.1. The molecule has 0 bridgehead atoms. The van der Waals surface area contributed by atoms with E-state index in [2.05, 4.69) is 34.9 Å². The normalized spacial score (nSPS) is 13.3. The van der Waals surface area contributed by atoms with Gasteiger partial charge in [-0.25, -0.2) is 9.59 Å². The van der Waals surface area contributed by atoms with Crippen LogP contribution in [0.25, 0.3) is 11.1 Å². The maximum Gasteiger partial charge on any atom is 0.407 e. The average Bonchev–Trinajstić information content (AvgIpc) is 3.36. The number of esters is 1. The van der Waals surface area contributed by atoms with Crippen molar-refractivity contribution >= 4 is 18.0 Å². The summed E-state index contributed by atoms with van der Waals surface area (Å²) in [5, 5.41) is 5.62. The van der Waals surface area contributed by atoms with Crippen molar-refractivity contribution in [1.82, 2.24) is 10.6 Å². The van der Waals surface area contributed by atoms with Gasteiger partial charge in [-0.2, -0.15) is 0 Å². The Labute approximate surface area is 258 Å². The minimum Gasteiger partial charge on any atom is -0.459 e. The first kappa shape index (κ1) is 30.5. The number of alkyl carbamates (subject to hydrolysis) is 1. The molecule has 0 radical (unpaired) electrons. The van der Waals surface area contributed by atoms with Gasteiger partial charge in [-0.3, -0.25) is 4.79 Å². The Balaban J connectivity index is 1.27. The fourth-order valence-corrected chi connectivity index (χ4v) is 5.63. The average molecular weight is 591 g/mol. The number of hydrogen-bond donors (Lipinski definition) is 2. The molecule has 0 unspecified atom stereocenters. The van der Waals surface area contributed by atoms with Gasteiger partial charge in [0.2, 0.25) is 5.91 Å². The molecule has 4 aromatic rings. The zero-order valence-corrected chi connectivity index (χ0v) is 25.1. The van der Waals surface area contributed by atoms with Crippen LogP contribution in [0.1, 0.15) is 48.4 Å². The van der Waals surface area contributed by atoms with Gasteiger partial charge in [0.15, 0.2) is 0 Å². The van der Waals surface area contributed by atoms with Crippen LogP contribution in [0.2, 0.25) is 0 Å². The van der Waals surface area contributed by atoms with E-state index in [1.807, 2.05) is 98.8 Å². The van der Waals surface area contributed by atoms with E-state index >= 15 is 0 Å². The first-order valence-electron chi connectivity index (χ1n) is 15.1. The van der Waals surface area contributed by atoms with Crippen LogP contribution in [0, 0.1) is 5.92 Å². The first-order valence-corrected chi connectivity index (χ1v) is 15.1. The van der Waals surface area contributed by atoms with E-state index in [1.54, 1.807) is 0 Å². The molecule has 7 nitrogen and oxygen atoms in total. The van der Waals surface area contributed by atoms with E-state index in [0.717, 1.165) is 33.4 Å². The largest absolute Gasteiger partial charge is 0.459 e. The summed E-state index contributed by atoms with van der Waals surface area (Å²) in [4.78, 5) is 39.9. The Morgan fingerprint density at radius 1 is 0.659 bits per heavy atom. The highest BCUT2D eigenvalue weighted by Gasteiger charge is 2.31. The van der Waals surface area contributed by atoms with Crippen LogP contribution >= 0.6 is 0 Å². The van der Waals surface area contributed by atoms with Crippen LogP contribution in [0.3, 0.4) is 0 Å². The quantitative estimate of drug-likeness (QED) is 0.186. The van der Waals surface area contributed by atoms with Crippen LogP contribution in [0.4, 0.5) is 4.79 Å². The third kappa shape index (κ3) is 7.72. The summed E-state index contributed by atoms with van der Waals surface area (Å²) in [5.41, 5.74) is 6.19. The minimum atomic E-state index is -0.968. The number of ether oxygens (including phenoxy) is 2. The molecule has 5 rings (SSSR count). The number of benzene rings is 4. The number of carbonyl (C=O) groups excluding carboxylic acids is 3. The number of amides is 2. The summed E-state index contributed by atoms with van der Waals surface area (Å²) < 4.78 is 11.3. The van der Waals surface area contributed by atoms with Crippen molar-refractivity contribution in [2.75, 3.05) is 6.61 Å². The van der Waals surface area contributed by atoms with Crippen molar-refractivity contribution in [3.8, 4) is 11.1 Å². The zero-order chi connectivity index (χ0) is 30.9. The van der Waals surface area contributed by atoms with Crippen molar-refractivity contribution in [2.24, 2.45) is 5.92 Å². The predicted molar refractivity (Wildman–Crippen MR) is 170 cm³/mol. The van der Waals surface area contributed by atoms with Gasteiger partial charge < -0.3 is 20.1 Å². The molecule has 226 valence electrons. The summed E-state index contributed by atoms with van der Waals surface area (Å²) in [6, 6.07) is 33.2. The van der Waals surface area contributed by atoms with Gasteiger partial charge >= 0.3 is 12.1 Å². The van der Waals surface area contributed by atoms with E-state index in [4.69, 9.17) is 9.47 Å². The van der Waals surface area contributed by atoms with Gasteiger partial charge in [-0.15, -0.1) is 0 Å². The summed E-state index contributed by atoms with van der Waals surface area (Å²) >= 11 is 0. The smallest absolute Gasteiger partial charge is 0.407 e. The van der Waals surface area contributed by atoms with Gasteiger partial charge in [-0.05, 0) is 45.7 Å². The molecule has 7 heteroatoms. The summed E-state index contributed by atoms with van der Waals surface area (Å²) in [7, 11) is 0. The molecule has 0 spiro atoms. The fourth-order valence-electron chi connectivity index (χ4n) is 5.63. The SMILES string of the molecule is CC(C)C[C@H](NC(=O)[C@H](Cc1ccccc1)NC(=O)OCC1c2ccccc2-c2ccccc21)C(=O)OCc1ccccc1. The standard InChI is InChI=1S/C37H38N2O5/c1-25(2)21-34(36(41)43-23-27-15-7-4-8-16-27)38-35(40)33(22-26-13-5-3-6-14-26)39-37(42)44-24-32-30-19-11-9-17-28(30)29-18-10-12-20-31(29)32/h3-20,25,32-34H,21-24H2,1-2H3,(H,38,40)(H,39,42)/t33-,34-/m0/s1. The lowest BCUT2D eigenvalue weighted by Crippen LogP contribution is -2.53. The molecule has 44 heavy (non-hydrogen) atoms. The molecule has 0 heterocycles. The third-order valence-corrected chi connectivity index (χ3v) is 7.77. The van der Waals surface area contributed by atoms with Crippen molar-refractivity contribution in [3.05, 3.63) is 131 Å². The van der Waals surface area contributed by atoms with E-state index < -0.39 is 30.1 Å². The van der Waals surface area contributed by atoms with Crippen LogP contribution in [-0.2, 0) is 32.1 Å². The molecule has 1 aliphatic carbocycles. The van der Waals surface area contributed by atoms with Crippen molar-refractivity contribution in [1.29, 1.82) is 0 Å². The predicted octanol–water partition coefficient (Wildman–Crippen LogP) is 6.41. The Morgan fingerprint density at radius 2 is 1.20 bits per heavy atom. The maximum atomic E-state index is 13.7. The Hall–Kier alpha value is -4.91. The van der Waals surface area contributed by atoms with Crippen molar-refractivity contribution in [3.63, 3.8) is 0 Å². The van der Waals surface area contributed by atoms with Gasteiger partial charge in [0, 0.05) is 12.3 Å². The molecule has 1 aliphatic rings. The molecule has 2 amide bonds. The lowest BCUT2D eigenvalue weighted by Gasteiger charge is -2.24. The summed E-state index contributed by atoms with van der Waals surface area (Å²) in [6.07, 6.45) is -0.0813. The van der Waals surface area contributed by atoms with Gasteiger partial charge in [0.05, 0.1) is 0 Å². The number of hydrogen-bond acceptors (Lipinski definition) is 5. The first-order chi connectivity index (χ1) is 21.4. The van der Waals surface area contributed by atoms with E-state index in [0.29, 0.717) is 6.42 Å². The second-order valence-electron chi connectivity index (χ2n) is 11.5. The van der Waals surface area contributed by atoms with Gasteiger partial charge in [0.25, 0.3) is 0 Å². The van der Waals surface area contributed by atoms with E-state index in [1.165, 1.54) is 0 Å². The summed E-state index contributed by atoms with van der Waals surface area (Å²) in [6.45, 7) is 4.18. The molecule has 0 fully saturated rings. The number of carbonyl (C=O) groups is 3. The lowest BCUT2D eigenvalue weighted by molar-refractivity contribution is -0.149.